The number of fused-ring (bicyclic) bond motifs is 1. The summed E-state index contributed by atoms with van der Waals surface area (Å²) in [5, 5.41) is 14.3. The summed E-state index contributed by atoms with van der Waals surface area (Å²) in [5.41, 5.74) is 1.42. The Morgan fingerprint density at radius 1 is 1.33 bits per heavy atom. The predicted molar refractivity (Wildman–Crippen MR) is 126 cm³/mol. The molecule has 2 heterocycles. The lowest BCUT2D eigenvalue weighted by atomic mass is 10.0. The van der Waals surface area contributed by atoms with Crippen LogP contribution in [0.2, 0.25) is 0 Å². The van der Waals surface area contributed by atoms with Gasteiger partial charge in [0.25, 0.3) is 5.91 Å². The fourth-order valence-electron chi connectivity index (χ4n) is 3.58. The summed E-state index contributed by atoms with van der Waals surface area (Å²) in [4.78, 5) is 21.7. The largest absolute Gasteiger partial charge is 0.387 e. The number of anilines is 1. The summed E-state index contributed by atoms with van der Waals surface area (Å²) in [5.74, 6) is -0.552. The number of aromatic nitrogens is 3. The van der Waals surface area contributed by atoms with Crippen molar-refractivity contribution in [2.24, 2.45) is 5.92 Å². The number of carbonyl (C=O) groups is 1. The first kappa shape index (κ1) is 24.6. The molecule has 1 unspecified atom stereocenters. The van der Waals surface area contributed by atoms with Gasteiger partial charge < -0.3 is 15.4 Å². The van der Waals surface area contributed by atoms with Gasteiger partial charge >= 0.3 is 0 Å². The molecule has 8 nitrogen and oxygen atoms in total. The van der Waals surface area contributed by atoms with E-state index in [9.17, 15) is 13.1 Å². The van der Waals surface area contributed by atoms with Crippen molar-refractivity contribution in [3.8, 4) is 0 Å². The van der Waals surface area contributed by atoms with Gasteiger partial charge in [0.15, 0.2) is 18.0 Å². The van der Waals surface area contributed by atoms with Gasteiger partial charge in [0.2, 0.25) is 0 Å². The second kappa shape index (κ2) is 10.7. The van der Waals surface area contributed by atoms with Crippen LogP contribution in [0.15, 0.2) is 30.6 Å². The number of carbonyl (C=O) groups excluding carboxylic acids is 1. The van der Waals surface area contributed by atoms with E-state index in [0.29, 0.717) is 30.2 Å². The van der Waals surface area contributed by atoms with E-state index < -0.39 is 11.7 Å². The number of benzene rings is 1. The topological polar surface area (TPSA) is 105 Å². The number of halogens is 2. The first-order valence-electron chi connectivity index (χ1n) is 10.3. The van der Waals surface area contributed by atoms with Crippen molar-refractivity contribution in [1.29, 1.82) is 5.41 Å². The molecule has 3 aromatic rings. The van der Waals surface area contributed by atoms with Crippen molar-refractivity contribution >= 4 is 40.8 Å². The molecule has 176 valence electrons. The summed E-state index contributed by atoms with van der Waals surface area (Å²) >= 11 is -0.101. The van der Waals surface area contributed by atoms with Crippen molar-refractivity contribution in [2.45, 2.75) is 26.3 Å². The van der Waals surface area contributed by atoms with E-state index in [1.165, 1.54) is 30.6 Å². The minimum atomic E-state index is -0.444. The summed E-state index contributed by atoms with van der Waals surface area (Å²) in [6.07, 6.45) is 3.36. The Hall–Kier alpha value is -3.05. The maximum absolute atomic E-state index is 13.6. The van der Waals surface area contributed by atoms with Crippen molar-refractivity contribution in [3.05, 3.63) is 53.2 Å². The normalized spacial score (nSPS) is 12.2. The first-order valence-corrected chi connectivity index (χ1v) is 11.0. The van der Waals surface area contributed by atoms with Gasteiger partial charge in [-0.2, -0.15) is 0 Å². The molecule has 0 aliphatic rings. The molecule has 0 saturated heterocycles. The number of nitrogens with one attached hydrogen (secondary N) is 3. The Morgan fingerprint density at radius 3 is 2.73 bits per heavy atom. The van der Waals surface area contributed by atoms with Crippen molar-refractivity contribution in [2.75, 3.05) is 26.1 Å². The van der Waals surface area contributed by atoms with Gasteiger partial charge in [0, 0.05) is 31.6 Å². The predicted octanol–water partition coefficient (Wildman–Crippen LogP) is 4.20. The molecule has 0 bridgehead atoms. The standard InChI is InChI=1S/C22H26F2N6O2S/c1-12(2)7-14(11-32-4)28-22(31)16-10-30(33-24)21-20(16)29-18(9-27-21)19(25)15-6-5-13(23)8-17(15)26-3/h5-6,8-10,12,14,25-26H,7,11H2,1-4H3,(H,28,31). The molecule has 0 aliphatic heterocycles. The second-order valence-electron chi connectivity index (χ2n) is 7.94. The summed E-state index contributed by atoms with van der Waals surface area (Å²) in [6, 6.07) is 3.75. The highest BCUT2D eigenvalue weighted by atomic mass is 32.2. The molecular formula is C22H26F2N6O2S. The quantitative estimate of drug-likeness (QED) is 0.379. The summed E-state index contributed by atoms with van der Waals surface area (Å²) < 4.78 is 33.4. The van der Waals surface area contributed by atoms with Crippen LogP contribution in [0.5, 0.6) is 0 Å². The molecule has 0 fully saturated rings. The maximum Gasteiger partial charge on any atom is 0.255 e. The Morgan fingerprint density at radius 2 is 2.09 bits per heavy atom. The van der Waals surface area contributed by atoms with Gasteiger partial charge in [-0.1, -0.05) is 13.8 Å². The zero-order valence-corrected chi connectivity index (χ0v) is 19.6. The van der Waals surface area contributed by atoms with Crippen LogP contribution in [0, 0.1) is 17.1 Å². The van der Waals surface area contributed by atoms with Crippen LogP contribution in [0.1, 0.15) is 41.9 Å². The fraction of sp³-hybridized carbons (Fsp3) is 0.364. The third-order valence-electron chi connectivity index (χ3n) is 5.02. The highest BCUT2D eigenvalue weighted by molar-refractivity contribution is 7.92. The third kappa shape index (κ3) is 5.48. The molecule has 0 saturated carbocycles. The highest BCUT2D eigenvalue weighted by Crippen LogP contribution is 2.25. The van der Waals surface area contributed by atoms with Crippen LogP contribution in [-0.4, -0.2) is 52.4 Å². The van der Waals surface area contributed by atoms with Crippen molar-refractivity contribution < 1.29 is 17.8 Å². The monoisotopic (exact) mass is 476 g/mol. The molecule has 0 radical (unpaired) electrons. The molecule has 3 N–H and O–H groups in total. The average Bonchev–Trinajstić information content (AvgIpc) is 3.16. The fourth-order valence-corrected chi connectivity index (χ4v) is 3.93. The number of methoxy groups -OCH3 is 1. The smallest absolute Gasteiger partial charge is 0.255 e. The number of rotatable bonds is 10. The molecule has 0 spiro atoms. The number of nitrogens with zero attached hydrogens (tertiary/aromatic N) is 3. The van der Waals surface area contributed by atoms with Gasteiger partial charge in [-0.05, 0) is 30.5 Å². The lowest BCUT2D eigenvalue weighted by Gasteiger charge is -2.19. The maximum atomic E-state index is 13.6. The first-order chi connectivity index (χ1) is 15.8. The molecule has 11 heteroatoms. The summed E-state index contributed by atoms with van der Waals surface area (Å²) in [7, 11) is 3.18. The Labute approximate surface area is 195 Å². The van der Waals surface area contributed by atoms with Crippen molar-refractivity contribution in [1.82, 2.24) is 19.3 Å². The molecular weight excluding hydrogens is 450 g/mol. The molecule has 33 heavy (non-hydrogen) atoms. The van der Waals surface area contributed by atoms with Gasteiger partial charge in [-0.3, -0.25) is 10.2 Å². The van der Waals surface area contributed by atoms with E-state index >= 15 is 0 Å². The van der Waals surface area contributed by atoms with E-state index in [2.05, 4.69) is 20.6 Å². The number of ether oxygens (including phenoxy) is 1. The minimum Gasteiger partial charge on any atom is -0.387 e. The van der Waals surface area contributed by atoms with E-state index in [1.807, 2.05) is 13.8 Å². The van der Waals surface area contributed by atoms with E-state index in [4.69, 9.17) is 10.1 Å². The van der Waals surface area contributed by atoms with Crippen LogP contribution < -0.4 is 10.6 Å². The lowest BCUT2D eigenvalue weighted by Crippen LogP contribution is -2.39. The van der Waals surface area contributed by atoms with Crippen molar-refractivity contribution in [3.63, 3.8) is 0 Å². The van der Waals surface area contributed by atoms with E-state index in [1.54, 1.807) is 14.2 Å². The van der Waals surface area contributed by atoms with Gasteiger partial charge in [-0.15, -0.1) is 3.89 Å². The van der Waals surface area contributed by atoms with Crippen LogP contribution in [-0.2, 0) is 4.74 Å². The van der Waals surface area contributed by atoms with Gasteiger partial charge in [0.1, 0.15) is 17.0 Å². The van der Waals surface area contributed by atoms with Gasteiger partial charge in [0.05, 0.1) is 30.1 Å². The average molecular weight is 477 g/mol. The zero-order chi connectivity index (χ0) is 24.1. The molecule has 1 aromatic carbocycles. The van der Waals surface area contributed by atoms with Crippen LogP contribution >= 0.6 is 12.3 Å². The van der Waals surface area contributed by atoms with Crippen LogP contribution in [0.3, 0.4) is 0 Å². The van der Waals surface area contributed by atoms with Crippen LogP contribution in [0.25, 0.3) is 11.2 Å². The number of hydrogen-bond acceptors (Lipinski definition) is 7. The second-order valence-corrected chi connectivity index (χ2v) is 8.47. The Kier molecular flexibility index (Phi) is 7.98. The molecule has 2 aromatic heterocycles. The van der Waals surface area contributed by atoms with Crippen LogP contribution in [0.4, 0.5) is 14.0 Å². The number of hydrogen-bond donors (Lipinski definition) is 3. The van der Waals surface area contributed by atoms with E-state index in [-0.39, 0.29) is 46.5 Å². The molecule has 0 aliphatic carbocycles. The zero-order valence-electron chi connectivity index (χ0n) is 18.8. The number of amides is 1. The minimum absolute atomic E-state index is 0.0159. The van der Waals surface area contributed by atoms with E-state index in [0.717, 1.165) is 3.97 Å². The highest BCUT2D eigenvalue weighted by Gasteiger charge is 2.23. The SMILES string of the molecule is CNc1cc(F)ccc1C(=N)c1cnc2c(n1)c(C(=O)NC(COC)CC(C)C)cn2SF. The molecule has 1 amide bonds. The third-order valence-corrected chi connectivity index (χ3v) is 5.44. The Bertz CT molecular complexity index is 1170. The lowest BCUT2D eigenvalue weighted by molar-refractivity contribution is 0.0886. The Balaban J connectivity index is 2.01. The molecule has 1 atom stereocenters. The van der Waals surface area contributed by atoms with Gasteiger partial charge in [-0.25, -0.2) is 18.3 Å². The summed E-state index contributed by atoms with van der Waals surface area (Å²) in [6.45, 7) is 4.41. The molecule has 3 rings (SSSR count).